The molecule has 1 aromatic rings. The first-order chi connectivity index (χ1) is 10.9. The Balaban J connectivity index is 1.75. The second kappa shape index (κ2) is 6.30. The van der Waals surface area contributed by atoms with Crippen molar-refractivity contribution >= 4 is 15.7 Å². The van der Waals surface area contributed by atoms with Crippen LogP contribution < -0.4 is 0 Å². The zero-order chi connectivity index (χ0) is 16.5. The number of hydrogen-bond acceptors (Lipinski definition) is 4. The summed E-state index contributed by atoms with van der Waals surface area (Å²) in [4.78, 5) is 14.6. The van der Waals surface area contributed by atoms with Gasteiger partial charge in [0.25, 0.3) is 5.91 Å². The van der Waals surface area contributed by atoms with Crippen molar-refractivity contribution in [2.24, 2.45) is 5.41 Å². The summed E-state index contributed by atoms with van der Waals surface area (Å²) in [5, 5.41) is -0.137. The fraction of sp³-hybridized carbons (Fsp3) is 0.706. The van der Waals surface area contributed by atoms with Crippen LogP contribution >= 0.6 is 0 Å². The van der Waals surface area contributed by atoms with Crippen LogP contribution in [-0.4, -0.2) is 38.6 Å². The van der Waals surface area contributed by atoms with Crippen molar-refractivity contribution in [3.63, 3.8) is 0 Å². The van der Waals surface area contributed by atoms with E-state index in [1.165, 1.54) is 57.1 Å². The molecule has 1 aliphatic carbocycles. The fourth-order valence-corrected chi connectivity index (χ4v) is 4.61. The maximum Gasteiger partial charge on any atom is 0.289 e. The van der Waals surface area contributed by atoms with E-state index in [4.69, 9.17) is 4.42 Å². The summed E-state index contributed by atoms with van der Waals surface area (Å²) in [6.45, 7) is 1.51. The zero-order valence-corrected chi connectivity index (χ0v) is 14.5. The van der Waals surface area contributed by atoms with Gasteiger partial charge in [-0.15, -0.1) is 0 Å². The average Bonchev–Trinajstić information content (AvgIpc) is 2.91. The van der Waals surface area contributed by atoms with E-state index in [0.717, 1.165) is 25.8 Å². The predicted molar refractivity (Wildman–Crippen MR) is 87.1 cm³/mol. The highest BCUT2D eigenvalue weighted by Gasteiger charge is 2.38. The Bertz CT molecular complexity index is 669. The number of nitrogens with zero attached hydrogens (tertiary/aromatic N) is 1. The number of piperidine rings is 1. The lowest BCUT2D eigenvalue weighted by atomic mass is 9.74. The van der Waals surface area contributed by atoms with Crippen LogP contribution in [0.5, 0.6) is 0 Å². The molecule has 3 rings (SSSR count). The number of carbonyl (C=O) groups excluding carboxylic acids is 1. The molecule has 2 aliphatic rings. The highest BCUT2D eigenvalue weighted by molar-refractivity contribution is 7.90. The molecule has 0 radical (unpaired) electrons. The van der Waals surface area contributed by atoms with Crippen LogP contribution in [0.25, 0.3) is 0 Å². The van der Waals surface area contributed by atoms with Crippen molar-refractivity contribution in [3.8, 4) is 0 Å². The number of sulfone groups is 1. The molecule has 2 heterocycles. The van der Waals surface area contributed by atoms with Crippen LogP contribution in [-0.2, 0) is 9.84 Å². The summed E-state index contributed by atoms with van der Waals surface area (Å²) >= 11 is 0. The molecule has 1 saturated heterocycles. The van der Waals surface area contributed by atoms with E-state index in [2.05, 4.69) is 0 Å². The number of furan rings is 1. The van der Waals surface area contributed by atoms with Gasteiger partial charge in [0.2, 0.25) is 14.9 Å². The first-order valence-electron chi connectivity index (χ1n) is 8.49. The summed E-state index contributed by atoms with van der Waals surface area (Å²) in [6, 6.07) is 2.85. The molecule has 1 spiro atoms. The molecule has 0 bridgehead atoms. The Morgan fingerprint density at radius 3 is 2.35 bits per heavy atom. The molecular weight excluding hydrogens is 314 g/mol. The quantitative estimate of drug-likeness (QED) is 0.829. The molecule has 0 N–H and O–H groups in total. The first kappa shape index (κ1) is 16.6. The first-order valence-corrected chi connectivity index (χ1v) is 10.4. The van der Waals surface area contributed by atoms with Gasteiger partial charge < -0.3 is 9.32 Å². The predicted octanol–water partition coefficient (Wildman–Crippen LogP) is 3.26. The van der Waals surface area contributed by atoms with Crippen LogP contribution in [0.4, 0.5) is 0 Å². The normalized spacial score (nSPS) is 22.0. The summed E-state index contributed by atoms with van der Waals surface area (Å²) in [7, 11) is -3.42. The lowest BCUT2D eigenvalue weighted by Crippen LogP contribution is -2.45. The molecule has 0 unspecified atom stereocenters. The standard InChI is InChI=1S/C17H25NO4S/c1-23(20,21)15-8-7-14(22-15)16(19)18-12-6-11-17(13-18)9-4-2-3-5-10-17/h7-8H,2-6,9-13H2,1H3. The number of hydrogen-bond donors (Lipinski definition) is 0. The maximum atomic E-state index is 12.7. The molecule has 1 aromatic heterocycles. The van der Waals surface area contributed by atoms with Gasteiger partial charge in [-0.3, -0.25) is 4.79 Å². The van der Waals surface area contributed by atoms with E-state index in [1.54, 1.807) is 0 Å². The molecule has 2 fully saturated rings. The van der Waals surface area contributed by atoms with Gasteiger partial charge >= 0.3 is 0 Å². The third kappa shape index (κ3) is 3.62. The molecule has 0 aromatic carbocycles. The van der Waals surface area contributed by atoms with Crippen LogP contribution in [0, 0.1) is 5.41 Å². The highest BCUT2D eigenvalue weighted by Crippen LogP contribution is 2.42. The lowest BCUT2D eigenvalue weighted by molar-refractivity contribution is 0.0433. The van der Waals surface area contributed by atoms with Crippen LogP contribution in [0.15, 0.2) is 21.6 Å². The van der Waals surface area contributed by atoms with Crippen molar-refractivity contribution in [3.05, 3.63) is 17.9 Å². The second-order valence-corrected chi connectivity index (χ2v) is 9.08. The van der Waals surface area contributed by atoms with E-state index in [-0.39, 0.29) is 22.2 Å². The van der Waals surface area contributed by atoms with E-state index < -0.39 is 9.84 Å². The number of likely N-dealkylation sites (tertiary alicyclic amines) is 1. The van der Waals surface area contributed by atoms with Crippen molar-refractivity contribution in [2.45, 2.75) is 56.5 Å². The van der Waals surface area contributed by atoms with Gasteiger partial charge in [0.15, 0.2) is 5.76 Å². The van der Waals surface area contributed by atoms with Crippen molar-refractivity contribution in [1.82, 2.24) is 4.90 Å². The number of rotatable bonds is 2. The summed E-state index contributed by atoms with van der Waals surface area (Å²) in [5.41, 5.74) is 0.261. The van der Waals surface area contributed by atoms with Gasteiger partial charge in [-0.1, -0.05) is 25.7 Å². The molecular formula is C17H25NO4S. The van der Waals surface area contributed by atoms with Crippen molar-refractivity contribution < 1.29 is 17.6 Å². The van der Waals surface area contributed by atoms with Crippen molar-refractivity contribution in [1.29, 1.82) is 0 Å². The topological polar surface area (TPSA) is 67.6 Å². The third-order valence-corrected chi connectivity index (χ3v) is 6.22. The molecule has 6 heteroatoms. The SMILES string of the molecule is CS(=O)(=O)c1ccc(C(=O)N2CCCC3(CCCCCC3)C2)o1. The Labute approximate surface area is 138 Å². The Kier molecular flexibility index (Phi) is 4.54. The largest absolute Gasteiger partial charge is 0.440 e. The van der Waals surface area contributed by atoms with Gasteiger partial charge in [0.05, 0.1) is 0 Å². The molecule has 1 amide bonds. The summed E-state index contributed by atoms with van der Waals surface area (Å²) in [5.74, 6) is -0.0423. The molecule has 0 atom stereocenters. The molecule has 23 heavy (non-hydrogen) atoms. The molecule has 5 nitrogen and oxygen atoms in total. The minimum atomic E-state index is -3.42. The lowest BCUT2D eigenvalue weighted by Gasteiger charge is -2.42. The van der Waals surface area contributed by atoms with Crippen LogP contribution in [0.3, 0.4) is 0 Å². The van der Waals surface area contributed by atoms with Gasteiger partial charge in [0, 0.05) is 19.3 Å². The zero-order valence-electron chi connectivity index (χ0n) is 13.7. The fourth-order valence-electron chi connectivity index (χ4n) is 4.06. The average molecular weight is 339 g/mol. The van der Waals surface area contributed by atoms with Crippen LogP contribution in [0.1, 0.15) is 61.9 Å². The Morgan fingerprint density at radius 1 is 1.09 bits per heavy atom. The number of amides is 1. The van der Waals surface area contributed by atoms with E-state index in [1.807, 2.05) is 4.90 Å². The Morgan fingerprint density at radius 2 is 1.74 bits per heavy atom. The Hall–Kier alpha value is -1.30. The van der Waals surface area contributed by atoms with Gasteiger partial charge in [-0.25, -0.2) is 8.42 Å². The van der Waals surface area contributed by atoms with E-state index >= 15 is 0 Å². The van der Waals surface area contributed by atoms with Crippen LogP contribution in [0.2, 0.25) is 0 Å². The molecule has 128 valence electrons. The van der Waals surface area contributed by atoms with Gasteiger partial charge in [-0.2, -0.15) is 0 Å². The van der Waals surface area contributed by atoms with Crippen molar-refractivity contribution in [2.75, 3.05) is 19.3 Å². The maximum absolute atomic E-state index is 12.7. The molecule has 1 aliphatic heterocycles. The molecule has 1 saturated carbocycles. The van der Waals surface area contributed by atoms with Gasteiger partial charge in [-0.05, 0) is 43.2 Å². The summed E-state index contributed by atoms with van der Waals surface area (Å²) < 4.78 is 28.3. The van der Waals surface area contributed by atoms with E-state index in [9.17, 15) is 13.2 Å². The highest BCUT2D eigenvalue weighted by atomic mass is 32.2. The minimum absolute atomic E-state index is 0.135. The number of carbonyl (C=O) groups is 1. The third-order valence-electron chi connectivity index (χ3n) is 5.27. The van der Waals surface area contributed by atoms with Gasteiger partial charge in [0.1, 0.15) is 0 Å². The van der Waals surface area contributed by atoms with E-state index in [0.29, 0.717) is 0 Å². The smallest absolute Gasteiger partial charge is 0.289 e. The second-order valence-electron chi connectivity index (χ2n) is 7.14. The summed E-state index contributed by atoms with van der Waals surface area (Å²) in [6.07, 6.45) is 10.8. The monoisotopic (exact) mass is 339 g/mol. The minimum Gasteiger partial charge on any atom is -0.440 e.